The van der Waals surface area contributed by atoms with Crippen molar-refractivity contribution < 1.29 is 0 Å². The summed E-state index contributed by atoms with van der Waals surface area (Å²) in [5.41, 5.74) is 15.0. The van der Waals surface area contributed by atoms with Gasteiger partial charge in [0, 0.05) is 44.4 Å². The van der Waals surface area contributed by atoms with Crippen LogP contribution >= 0.6 is 0 Å². The van der Waals surface area contributed by atoms with Crippen molar-refractivity contribution in [2.75, 3.05) is 0 Å². The molecular formula is C49H37N3. The molecule has 3 aromatic heterocycles. The molecule has 0 saturated carbocycles. The Labute approximate surface area is 303 Å². The molecule has 3 heteroatoms. The van der Waals surface area contributed by atoms with Crippen LogP contribution < -0.4 is 0 Å². The molecule has 2 aliphatic rings. The van der Waals surface area contributed by atoms with Gasteiger partial charge in [0.2, 0.25) is 0 Å². The van der Waals surface area contributed by atoms with Gasteiger partial charge in [0.1, 0.15) is 0 Å². The minimum Gasteiger partial charge on any atom is -0.332 e. The van der Waals surface area contributed by atoms with Crippen LogP contribution in [0.3, 0.4) is 0 Å². The summed E-state index contributed by atoms with van der Waals surface area (Å²) in [7, 11) is 0. The molecule has 248 valence electrons. The van der Waals surface area contributed by atoms with Gasteiger partial charge in [-0.1, -0.05) is 135 Å². The fraction of sp³-hybridized carbons (Fsp3) is 0.102. The Bertz CT molecular complexity index is 2930. The smallest absolute Gasteiger partial charge is 0.0723 e. The van der Waals surface area contributed by atoms with E-state index in [1.54, 1.807) is 0 Å². The molecule has 0 spiro atoms. The van der Waals surface area contributed by atoms with E-state index in [0.717, 1.165) is 6.42 Å². The first-order valence-corrected chi connectivity index (χ1v) is 18.4. The third-order valence-corrected chi connectivity index (χ3v) is 11.7. The highest BCUT2D eigenvalue weighted by Crippen LogP contribution is 2.51. The van der Waals surface area contributed by atoms with Crippen LogP contribution in [0.5, 0.6) is 0 Å². The first-order valence-electron chi connectivity index (χ1n) is 18.4. The van der Waals surface area contributed by atoms with E-state index >= 15 is 0 Å². The maximum absolute atomic E-state index is 2.61. The van der Waals surface area contributed by atoms with Crippen LogP contribution in [0.4, 0.5) is 0 Å². The van der Waals surface area contributed by atoms with Crippen LogP contribution in [0, 0.1) is 0 Å². The fourth-order valence-electron chi connectivity index (χ4n) is 9.26. The number of allylic oxidation sites excluding steroid dienone is 4. The summed E-state index contributed by atoms with van der Waals surface area (Å²) in [4.78, 5) is 0. The van der Waals surface area contributed by atoms with Gasteiger partial charge in [-0.25, -0.2) is 0 Å². The lowest BCUT2D eigenvalue weighted by molar-refractivity contribution is 0.618. The summed E-state index contributed by atoms with van der Waals surface area (Å²) in [5, 5.41) is 5.20. The molecule has 4 heterocycles. The van der Waals surface area contributed by atoms with E-state index < -0.39 is 0 Å². The highest BCUT2D eigenvalue weighted by molar-refractivity contribution is 6.13. The minimum atomic E-state index is -0.223. The second kappa shape index (κ2) is 10.8. The van der Waals surface area contributed by atoms with Crippen LogP contribution in [-0.4, -0.2) is 13.7 Å². The highest BCUT2D eigenvalue weighted by Gasteiger charge is 2.41. The van der Waals surface area contributed by atoms with E-state index in [2.05, 4.69) is 198 Å². The van der Waals surface area contributed by atoms with Gasteiger partial charge < -0.3 is 13.7 Å². The number of fused-ring (bicyclic) bond motifs is 10. The molecule has 11 rings (SSSR count). The normalized spacial score (nSPS) is 16.0. The van der Waals surface area contributed by atoms with Gasteiger partial charge in [0.15, 0.2) is 0 Å². The van der Waals surface area contributed by atoms with E-state index in [-0.39, 0.29) is 11.5 Å². The number of benzene rings is 6. The lowest BCUT2D eigenvalue weighted by Gasteiger charge is -2.24. The number of para-hydroxylation sites is 1. The lowest BCUT2D eigenvalue weighted by Crippen LogP contribution is -2.18. The van der Waals surface area contributed by atoms with E-state index in [1.165, 1.54) is 88.5 Å². The highest BCUT2D eigenvalue weighted by atomic mass is 15.1. The van der Waals surface area contributed by atoms with E-state index in [4.69, 9.17) is 0 Å². The molecule has 0 radical (unpaired) electrons. The van der Waals surface area contributed by atoms with Gasteiger partial charge in [0.25, 0.3) is 0 Å². The van der Waals surface area contributed by atoms with Gasteiger partial charge >= 0.3 is 0 Å². The van der Waals surface area contributed by atoms with Gasteiger partial charge in [-0.15, -0.1) is 0 Å². The van der Waals surface area contributed by atoms with Crippen molar-refractivity contribution in [1.29, 1.82) is 0 Å². The molecule has 0 bridgehead atoms. The fourth-order valence-corrected chi connectivity index (χ4v) is 9.26. The topological polar surface area (TPSA) is 14.8 Å². The number of rotatable bonds is 4. The summed E-state index contributed by atoms with van der Waals surface area (Å²) in [6, 6.07) is 51.7. The Morgan fingerprint density at radius 3 is 1.98 bits per heavy atom. The van der Waals surface area contributed by atoms with E-state index in [0.29, 0.717) is 0 Å². The molecule has 9 aromatic rings. The van der Waals surface area contributed by atoms with Crippen molar-refractivity contribution in [3.05, 3.63) is 181 Å². The molecule has 52 heavy (non-hydrogen) atoms. The summed E-state index contributed by atoms with van der Waals surface area (Å²) < 4.78 is 7.60. The van der Waals surface area contributed by atoms with Crippen molar-refractivity contribution in [3.8, 4) is 33.6 Å². The molecule has 1 unspecified atom stereocenters. The van der Waals surface area contributed by atoms with E-state index in [1.807, 2.05) is 0 Å². The minimum absolute atomic E-state index is 0.223. The molecule has 0 amide bonds. The molecule has 0 fully saturated rings. The first kappa shape index (κ1) is 29.4. The predicted octanol–water partition coefficient (Wildman–Crippen LogP) is 12.7. The zero-order chi connectivity index (χ0) is 34.6. The average Bonchev–Trinajstić information content (AvgIpc) is 3.90. The number of aromatic nitrogens is 3. The average molecular weight is 668 g/mol. The Hall–Kier alpha value is -6.32. The zero-order valence-corrected chi connectivity index (χ0v) is 29.3. The second-order valence-corrected chi connectivity index (χ2v) is 15.0. The Morgan fingerprint density at radius 1 is 0.558 bits per heavy atom. The molecule has 1 aliphatic heterocycles. The van der Waals surface area contributed by atoms with Gasteiger partial charge in [-0.05, 0) is 76.7 Å². The first-order chi connectivity index (χ1) is 25.6. The van der Waals surface area contributed by atoms with Crippen LogP contribution in [0.1, 0.15) is 37.6 Å². The predicted molar refractivity (Wildman–Crippen MR) is 218 cm³/mol. The number of nitrogens with zero attached hydrogens (tertiary/aromatic N) is 3. The third-order valence-electron chi connectivity index (χ3n) is 11.7. The Balaban J connectivity index is 1.18. The lowest BCUT2D eigenvalue weighted by atomic mass is 9.82. The monoisotopic (exact) mass is 667 g/mol. The van der Waals surface area contributed by atoms with Crippen LogP contribution in [0.15, 0.2) is 170 Å². The van der Waals surface area contributed by atoms with Crippen molar-refractivity contribution >= 4 is 43.6 Å². The molecule has 1 atom stereocenters. The summed E-state index contributed by atoms with van der Waals surface area (Å²) in [6.45, 7) is 4.84. The summed E-state index contributed by atoms with van der Waals surface area (Å²) >= 11 is 0. The standard InChI is InChI=1S/C49H37N3/c1-49(2)42-30-45-40(29-46(42)50-31-41-38-20-12-13-21-43(38)52(47(41)48(49)50)36-18-10-5-11-19-36)39-28-35(33-16-8-4-9-17-33)24-27-44(39)51(45)37-25-22-34(23-26-37)32-14-6-3-7-15-32/h3-18,20-31,36H,19H2,1-2H3. The van der Waals surface area contributed by atoms with Crippen LogP contribution in [0.25, 0.3) is 77.2 Å². The quantitative estimate of drug-likeness (QED) is 0.177. The van der Waals surface area contributed by atoms with Crippen LogP contribution in [-0.2, 0) is 5.41 Å². The SMILES string of the molecule is CC1(C)c2cc3c(cc2-n2cc4c5ccccc5n(C5C=CC=CC5)c4c21)c1cc(-c2ccccc2)ccc1n3-c1ccc(-c2ccccc2)cc1. The molecule has 6 aromatic carbocycles. The Kier molecular flexibility index (Phi) is 6.13. The van der Waals surface area contributed by atoms with Crippen molar-refractivity contribution in [3.63, 3.8) is 0 Å². The van der Waals surface area contributed by atoms with Crippen molar-refractivity contribution in [1.82, 2.24) is 13.7 Å². The summed E-state index contributed by atoms with van der Waals surface area (Å²) in [5.74, 6) is 0. The van der Waals surface area contributed by atoms with Gasteiger partial charge in [0.05, 0.1) is 34.0 Å². The van der Waals surface area contributed by atoms with Crippen LogP contribution in [0.2, 0.25) is 0 Å². The number of hydrogen-bond donors (Lipinski definition) is 0. The largest absolute Gasteiger partial charge is 0.332 e. The Morgan fingerprint density at radius 2 is 1.23 bits per heavy atom. The second-order valence-electron chi connectivity index (χ2n) is 15.0. The maximum Gasteiger partial charge on any atom is 0.0723 e. The summed E-state index contributed by atoms with van der Waals surface area (Å²) in [6.07, 6.45) is 12.5. The van der Waals surface area contributed by atoms with Gasteiger partial charge in [-0.2, -0.15) is 0 Å². The maximum atomic E-state index is 2.61. The third kappa shape index (κ3) is 4.08. The molecule has 3 nitrogen and oxygen atoms in total. The molecular weight excluding hydrogens is 631 g/mol. The molecule has 0 N–H and O–H groups in total. The van der Waals surface area contributed by atoms with Gasteiger partial charge in [-0.3, -0.25) is 0 Å². The molecule has 1 aliphatic carbocycles. The van der Waals surface area contributed by atoms with Crippen molar-refractivity contribution in [2.24, 2.45) is 0 Å². The number of hydrogen-bond acceptors (Lipinski definition) is 0. The van der Waals surface area contributed by atoms with Crippen molar-refractivity contribution in [2.45, 2.75) is 31.7 Å². The molecule has 0 saturated heterocycles. The zero-order valence-electron chi connectivity index (χ0n) is 29.3. The van der Waals surface area contributed by atoms with E-state index in [9.17, 15) is 0 Å².